The van der Waals surface area contributed by atoms with E-state index in [9.17, 15) is 5.11 Å². The van der Waals surface area contributed by atoms with Crippen molar-refractivity contribution in [3.8, 4) is 0 Å². The van der Waals surface area contributed by atoms with E-state index in [-0.39, 0.29) is 0 Å². The van der Waals surface area contributed by atoms with Crippen LogP contribution in [0.4, 0.5) is 0 Å². The van der Waals surface area contributed by atoms with E-state index >= 15 is 0 Å². The van der Waals surface area contributed by atoms with E-state index in [2.05, 4.69) is 5.32 Å². The highest BCUT2D eigenvalue weighted by atomic mass is 35.5. The van der Waals surface area contributed by atoms with Gasteiger partial charge in [-0.1, -0.05) is 35.3 Å². The van der Waals surface area contributed by atoms with E-state index in [1.54, 1.807) is 6.92 Å². The molecule has 1 rings (SSSR count). The maximum absolute atomic E-state index is 9.24. The van der Waals surface area contributed by atoms with Gasteiger partial charge in [-0.3, -0.25) is 0 Å². The van der Waals surface area contributed by atoms with Crippen LogP contribution >= 0.6 is 23.2 Å². The molecule has 1 atom stereocenters. The molecule has 84 valence electrons. The van der Waals surface area contributed by atoms with Crippen molar-refractivity contribution in [3.05, 3.63) is 34.9 Å². The second kappa shape index (κ2) is 5.71. The zero-order valence-electron chi connectivity index (χ0n) is 8.63. The standard InChI is InChI=1S/C11H15Cl2NO/c1-11(13,15)8-14-7-6-9-2-4-10(12)5-3-9/h2-5,14-15H,6-8H2,1H3. The molecule has 0 aliphatic rings. The summed E-state index contributed by atoms with van der Waals surface area (Å²) >= 11 is 11.4. The number of hydrogen-bond donors (Lipinski definition) is 2. The fourth-order valence-corrected chi connectivity index (χ4v) is 1.42. The molecule has 0 aliphatic carbocycles. The Morgan fingerprint density at radius 3 is 2.47 bits per heavy atom. The van der Waals surface area contributed by atoms with Crippen molar-refractivity contribution < 1.29 is 5.11 Å². The third-order valence-electron chi connectivity index (χ3n) is 1.95. The van der Waals surface area contributed by atoms with E-state index in [0.29, 0.717) is 6.54 Å². The van der Waals surface area contributed by atoms with Crippen molar-refractivity contribution >= 4 is 23.2 Å². The van der Waals surface area contributed by atoms with Crippen LogP contribution < -0.4 is 5.32 Å². The molecule has 0 aromatic heterocycles. The molecule has 1 aromatic rings. The van der Waals surface area contributed by atoms with Gasteiger partial charge in [0.05, 0.1) is 0 Å². The maximum Gasteiger partial charge on any atom is 0.148 e. The summed E-state index contributed by atoms with van der Waals surface area (Å²) in [5.41, 5.74) is 1.21. The Bertz CT molecular complexity index is 292. The van der Waals surface area contributed by atoms with Gasteiger partial charge in [-0.2, -0.15) is 0 Å². The Kier molecular flexibility index (Phi) is 4.87. The monoisotopic (exact) mass is 247 g/mol. The van der Waals surface area contributed by atoms with Gasteiger partial charge in [-0.15, -0.1) is 0 Å². The van der Waals surface area contributed by atoms with Gasteiger partial charge in [0.25, 0.3) is 0 Å². The summed E-state index contributed by atoms with van der Waals surface area (Å²) in [6.07, 6.45) is 0.893. The Hall–Kier alpha value is -0.280. The zero-order chi connectivity index (χ0) is 11.3. The minimum absolute atomic E-state index is 0.377. The van der Waals surface area contributed by atoms with Crippen LogP contribution in [0, 0.1) is 0 Å². The average molecular weight is 248 g/mol. The predicted molar refractivity (Wildman–Crippen MR) is 64.5 cm³/mol. The van der Waals surface area contributed by atoms with Gasteiger partial charge in [0, 0.05) is 11.6 Å². The maximum atomic E-state index is 9.24. The van der Waals surface area contributed by atoms with Crippen LogP contribution in [0.25, 0.3) is 0 Å². The molecule has 0 spiro atoms. The average Bonchev–Trinajstić information content (AvgIpc) is 2.14. The molecule has 0 heterocycles. The van der Waals surface area contributed by atoms with E-state index in [1.165, 1.54) is 5.56 Å². The molecule has 0 radical (unpaired) electrons. The fourth-order valence-electron chi connectivity index (χ4n) is 1.20. The first-order chi connectivity index (χ1) is 6.97. The number of halogens is 2. The molecule has 1 aromatic carbocycles. The number of aliphatic hydroxyl groups is 1. The lowest BCUT2D eigenvalue weighted by atomic mass is 10.1. The van der Waals surface area contributed by atoms with E-state index in [4.69, 9.17) is 23.2 Å². The Balaban J connectivity index is 2.23. The quantitative estimate of drug-likeness (QED) is 0.619. The van der Waals surface area contributed by atoms with Crippen molar-refractivity contribution in [3.63, 3.8) is 0 Å². The number of nitrogens with one attached hydrogen (secondary N) is 1. The van der Waals surface area contributed by atoms with Crippen LogP contribution in [0.15, 0.2) is 24.3 Å². The van der Waals surface area contributed by atoms with Gasteiger partial charge in [0.2, 0.25) is 0 Å². The third-order valence-corrected chi connectivity index (χ3v) is 2.34. The van der Waals surface area contributed by atoms with E-state index in [1.807, 2.05) is 24.3 Å². The molecule has 0 aliphatic heterocycles. The molecular formula is C11H15Cl2NO. The van der Waals surface area contributed by atoms with Crippen LogP contribution in [0.5, 0.6) is 0 Å². The molecule has 0 saturated heterocycles. The summed E-state index contributed by atoms with van der Waals surface area (Å²) in [5.74, 6) is 0. The van der Waals surface area contributed by atoms with Crippen LogP contribution in [-0.4, -0.2) is 23.3 Å². The molecule has 2 N–H and O–H groups in total. The first kappa shape index (κ1) is 12.8. The zero-order valence-corrected chi connectivity index (χ0v) is 10.1. The lowest BCUT2D eigenvalue weighted by Crippen LogP contribution is -2.33. The second-order valence-corrected chi connectivity index (χ2v) is 4.95. The van der Waals surface area contributed by atoms with E-state index < -0.39 is 5.06 Å². The predicted octanol–water partition coefficient (Wildman–Crippen LogP) is 2.42. The fraction of sp³-hybridized carbons (Fsp3) is 0.455. The van der Waals surface area contributed by atoms with Crippen molar-refractivity contribution in [2.75, 3.05) is 13.1 Å². The Labute approximate surface area is 100 Å². The van der Waals surface area contributed by atoms with Crippen LogP contribution in [0.2, 0.25) is 5.02 Å². The first-order valence-corrected chi connectivity index (χ1v) is 5.59. The SMILES string of the molecule is CC(O)(Cl)CNCCc1ccc(Cl)cc1. The van der Waals surface area contributed by atoms with Crippen molar-refractivity contribution in [2.24, 2.45) is 0 Å². The largest absolute Gasteiger partial charge is 0.374 e. The van der Waals surface area contributed by atoms with Gasteiger partial charge >= 0.3 is 0 Å². The van der Waals surface area contributed by atoms with Gasteiger partial charge < -0.3 is 10.4 Å². The minimum Gasteiger partial charge on any atom is -0.374 e. The van der Waals surface area contributed by atoms with Crippen molar-refractivity contribution in [2.45, 2.75) is 18.4 Å². The number of alkyl halides is 1. The second-order valence-electron chi connectivity index (χ2n) is 3.70. The number of benzene rings is 1. The lowest BCUT2D eigenvalue weighted by molar-refractivity contribution is 0.147. The number of hydrogen-bond acceptors (Lipinski definition) is 2. The normalized spacial score (nSPS) is 14.9. The lowest BCUT2D eigenvalue weighted by Gasteiger charge is -2.15. The van der Waals surface area contributed by atoms with Gasteiger partial charge in [-0.05, 0) is 37.6 Å². The summed E-state index contributed by atoms with van der Waals surface area (Å²) in [6, 6.07) is 7.72. The molecule has 1 unspecified atom stereocenters. The van der Waals surface area contributed by atoms with Gasteiger partial charge in [0.1, 0.15) is 5.06 Å². The van der Waals surface area contributed by atoms with Crippen molar-refractivity contribution in [1.82, 2.24) is 5.32 Å². The summed E-state index contributed by atoms with van der Waals surface area (Å²) in [4.78, 5) is 0. The molecule has 0 amide bonds. The summed E-state index contributed by atoms with van der Waals surface area (Å²) in [6.45, 7) is 2.72. The minimum atomic E-state index is -1.17. The van der Waals surface area contributed by atoms with Crippen molar-refractivity contribution in [1.29, 1.82) is 0 Å². The highest BCUT2D eigenvalue weighted by Crippen LogP contribution is 2.10. The molecule has 0 saturated carbocycles. The molecule has 15 heavy (non-hydrogen) atoms. The summed E-state index contributed by atoms with van der Waals surface area (Å²) in [7, 11) is 0. The molecule has 0 fully saturated rings. The summed E-state index contributed by atoms with van der Waals surface area (Å²) < 4.78 is 0. The highest BCUT2D eigenvalue weighted by molar-refractivity contribution is 6.30. The topological polar surface area (TPSA) is 32.3 Å². The Morgan fingerprint density at radius 1 is 1.33 bits per heavy atom. The van der Waals surface area contributed by atoms with Crippen LogP contribution in [0.3, 0.4) is 0 Å². The molecular weight excluding hydrogens is 233 g/mol. The number of rotatable bonds is 5. The first-order valence-electron chi connectivity index (χ1n) is 4.84. The smallest absolute Gasteiger partial charge is 0.148 e. The third kappa shape index (κ3) is 6.00. The van der Waals surface area contributed by atoms with Gasteiger partial charge in [0.15, 0.2) is 0 Å². The van der Waals surface area contributed by atoms with Crippen LogP contribution in [-0.2, 0) is 6.42 Å². The molecule has 2 nitrogen and oxygen atoms in total. The summed E-state index contributed by atoms with van der Waals surface area (Å²) in [5, 5.41) is 11.9. The van der Waals surface area contributed by atoms with Gasteiger partial charge in [-0.25, -0.2) is 0 Å². The molecule has 4 heteroatoms. The Morgan fingerprint density at radius 2 is 1.93 bits per heavy atom. The van der Waals surface area contributed by atoms with E-state index in [0.717, 1.165) is 18.0 Å². The molecule has 0 bridgehead atoms. The highest BCUT2D eigenvalue weighted by Gasteiger charge is 2.13. The van der Waals surface area contributed by atoms with Crippen LogP contribution in [0.1, 0.15) is 12.5 Å².